The van der Waals surface area contributed by atoms with E-state index in [2.05, 4.69) is 81.1 Å². The topological polar surface area (TPSA) is 88.2 Å². The van der Waals surface area contributed by atoms with Crippen molar-refractivity contribution in [2.24, 2.45) is 0 Å². The Hall–Kier alpha value is -0.926. The SMILES string of the molecule is C[Si](C)(C)CCOCn1c(-c2nc(Br)c(C=O)n2COCC[Si](C)(C)C)nc(Br)c1C=O. The van der Waals surface area contributed by atoms with Crippen LogP contribution in [0.15, 0.2) is 9.21 Å². The molecule has 0 atom stereocenters. The fraction of sp³-hybridized carbons (Fsp3) is 0.600. The van der Waals surface area contributed by atoms with E-state index >= 15 is 0 Å². The van der Waals surface area contributed by atoms with Crippen LogP contribution in [0.2, 0.25) is 51.4 Å². The van der Waals surface area contributed by atoms with Crippen molar-refractivity contribution >= 4 is 60.6 Å². The summed E-state index contributed by atoms with van der Waals surface area (Å²) in [7, 11) is -2.49. The van der Waals surface area contributed by atoms with Gasteiger partial charge in [0.2, 0.25) is 0 Å². The summed E-state index contributed by atoms with van der Waals surface area (Å²) in [5, 5.41) is 0. The van der Waals surface area contributed by atoms with Crippen molar-refractivity contribution in [2.75, 3.05) is 13.2 Å². The fourth-order valence-corrected chi connectivity index (χ4v) is 5.23. The molecule has 0 unspecified atom stereocenters. The van der Waals surface area contributed by atoms with E-state index < -0.39 is 16.1 Å². The van der Waals surface area contributed by atoms with Crippen molar-refractivity contribution in [1.29, 1.82) is 0 Å². The number of hydrogen-bond donors (Lipinski definition) is 0. The Morgan fingerprint density at radius 1 is 0.750 bits per heavy atom. The molecule has 32 heavy (non-hydrogen) atoms. The minimum absolute atomic E-state index is 0.157. The number of rotatable bonds is 13. The highest BCUT2D eigenvalue weighted by atomic mass is 79.9. The minimum atomic E-state index is -1.24. The Balaban J connectivity index is 2.35. The molecule has 2 rings (SSSR count). The van der Waals surface area contributed by atoms with E-state index in [1.165, 1.54) is 0 Å². The number of nitrogens with zero attached hydrogens (tertiary/aromatic N) is 4. The zero-order chi connectivity index (χ0) is 24.1. The van der Waals surface area contributed by atoms with Gasteiger partial charge in [-0.15, -0.1) is 0 Å². The third-order valence-electron chi connectivity index (χ3n) is 4.78. The highest BCUT2D eigenvalue weighted by molar-refractivity contribution is 9.10. The van der Waals surface area contributed by atoms with E-state index in [4.69, 9.17) is 9.47 Å². The molecule has 2 heterocycles. The summed E-state index contributed by atoms with van der Waals surface area (Å²) in [5.41, 5.74) is 0.706. The van der Waals surface area contributed by atoms with Crippen LogP contribution in [0.25, 0.3) is 11.6 Å². The smallest absolute Gasteiger partial charge is 0.180 e. The zero-order valence-corrected chi connectivity index (χ0v) is 24.7. The average molecular weight is 608 g/mol. The first kappa shape index (κ1) is 27.3. The summed E-state index contributed by atoms with van der Waals surface area (Å²) in [6, 6.07) is 2.02. The maximum absolute atomic E-state index is 11.7. The molecule has 2 aromatic heterocycles. The fourth-order valence-electron chi connectivity index (χ4n) is 2.77. The number of carbonyl (C=O) groups excluding carboxylic acids is 2. The van der Waals surface area contributed by atoms with Gasteiger partial charge in [-0.3, -0.25) is 18.7 Å². The molecule has 0 aliphatic rings. The second kappa shape index (κ2) is 11.5. The highest BCUT2D eigenvalue weighted by Crippen LogP contribution is 2.28. The third-order valence-corrected chi connectivity index (χ3v) is 9.36. The molecule has 8 nitrogen and oxygen atoms in total. The highest BCUT2D eigenvalue weighted by Gasteiger charge is 2.25. The van der Waals surface area contributed by atoms with Gasteiger partial charge in [-0.2, -0.15) is 0 Å². The summed E-state index contributed by atoms with van der Waals surface area (Å²) in [4.78, 5) is 32.5. The van der Waals surface area contributed by atoms with Gasteiger partial charge in [-0.25, -0.2) is 9.97 Å². The first-order valence-electron chi connectivity index (χ1n) is 10.5. The van der Waals surface area contributed by atoms with Crippen LogP contribution in [-0.4, -0.2) is 61.0 Å². The number of aldehydes is 2. The Bertz CT molecular complexity index is 873. The normalized spacial score (nSPS) is 12.4. The van der Waals surface area contributed by atoms with E-state index in [9.17, 15) is 9.59 Å². The monoisotopic (exact) mass is 606 g/mol. The number of halogens is 2. The van der Waals surface area contributed by atoms with Gasteiger partial charge in [0.15, 0.2) is 24.2 Å². The lowest BCUT2D eigenvalue weighted by molar-refractivity contribution is 0.0810. The van der Waals surface area contributed by atoms with Crippen LogP contribution >= 0.6 is 31.9 Å². The van der Waals surface area contributed by atoms with Crippen molar-refractivity contribution in [2.45, 2.75) is 64.8 Å². The molecular weight excluding hydrogens is 576 g/mol. The molecular formula is C20H32Br2N4O4Si2. The maximum Gasteiger partial charge on any atom is 0.180 e. The predicted molar refractivity (Wildman–Crippen MR) is 138 cm³/mol. The molecule has 0 radical (unpaired) electrons. The van der Waals surface area contributed by atoms with Crippen LogP contribution in [-0.2, 0) is 22.9 Å². The second-order valence-corrected chi connectivity index (χ2v) is 22.8. The van der Waals surface area contributed by atoms with Crippen molar-refractivity contribution in [3.05, 3.63) is 20.6 Å². The lowest BCUT2D eigenvalue weighted by Crippen LogP contribution is -2.22. The Morgan fingerprint density at radius 2 is 1.09 bits per heavy atom. The molecule has 12 heteroatoms. The molecule has 0 saturated heterocycles. The van der Waals surface area contributed by atoms with Gasteiger partial charge in [0.25, 0.3) is 0 Å². The largest absolute Gasteiger partial charge is 0.361 e. The van der Waals surface area contributed by atoms with Crippen molar-refractivity contribution in [3.63, 3.8) is 0 Å². The molecule has 0 fully saturated rings. The maximum atomic E-state index is 11.7. The molecule has 0 bridgehead atoms. The van der Waals surface area contributed by atoms with Gasteiger partial charge in [0.05, 0.1) is 0 Å². The lowest BCUT2D eigenvalue weighted by Gasteiger charge is -2.17. The van der Waals surface area contributed by atoms with Crippen LogP contribution in [0.1, 0.15) is 21.0 Å². The molecule has 0 N–H and O–H groups in total. The van der Waals surface area contributed by atoms with Gasteiger partial charge >= 0.3 is 0 Å². The van der Waals surface area contributed by atoms with Crippen LogP contribution in [0.3, 0.4) is 0 Å². The Kier molecular flexibility index (Phi) is 9.79. The summed E-state index contributed by atoms with van der Waals surface area (Å²) >= 11 is 6.72. The summed E-state index contributed by atoms with van der Waals surface area (Å²) in [6.45, 7) is 15.2. The predicted octanol–water partition coefficient (Wildman–Crippen LogP) is 5.52. The molecule has 0 spiro atoms. The van der Waals surface area contributed by atoms with E-state index in [0.29, 0.717) is 45.5 Å². The number of carbonyl (C=O) groups is 2. The quantitative estimate of drug-likeness (QED) is 0.169. The molecule has 2 aromatic rings. The van der Waals surface area contributed by atoms with Crippen molar-refractivity contribution in [1.82, 2.24) is 19.1 Å². The molecule has 0 saturated carbocycles. The standard InChI is InChI=1S/C20H32Br2N4O4Si2/c1-31(2,3)9-7-29-13-25-15(11-27)17(21)23-19(25)20-24-18(22)16(12-28)26(20)14-30-8-10-32(4,5)6/h11-12H,7-10,13-14H2,1-6H3. The first-order valence-corrected chi connectivity index (χ1v) is 19.5. The van der Waals surface area contributed by atoms with Gasteiger partial charge in [0.1, 0.15) is 34.1 Å². The van der Waals surface area contributed by atoms with Crippen LogP contribution in [0.5, 0.6) is 0 Å². The Morgan fingerprint density at radius 3 is 1.38 bits per heavy atom. The molecule has 0 aliphatic heterocycles. The summed E-state index contributed by atoms with van der Waals surface area (Å²) < 4.78 is 15.9. The van der Waals surface area contributed by atoms with E-state index in [1.807, 2.05) is 0 Å². The number of hydrogen-bond acceptors (Lipinski definition) is 6. The van der Waals surface area contributed by atoms with Gasteiger partial charge in [0, 0.05) is 29.4 Å². The van der Waals surface area contributed by atoms with Crippen LogP contribution in [0, 0.1) is 0 Å². The third kappa shape index (κ3) is 7.55. The van der Waals surface area contributed by atoms with Crippen molar-refractivity contribution in [3.8, 4) is 11.6 Å². The van der Waals surface area contributed by atoms with Gasteiger partial charge < -0.3 is 9.47 Å². The minimum Gasteiger partial charge on any atom is -0.361 e. The first-order chi connectivity index (χ1) is 14.9. The molecule has 178 valence electrons. The van der Waals surface area contributed by atoms with E-state index in [-0.39, 0.29) is 13.5 Å². The van der Waals surface area contributed by atoms with Gasteiger partial charge in [-0.05, 0) is 43.9 Å². The molecule has 0 aromatic carbocycles. The van der Waals surface area contributed by atoms with Crippen molar-refractivity contribution < 1.29 is 19.1 Å². The second-order valence-electron chi connectivity index (χ2n) is 10.0. The lowest BCUT2D eigenvalue weighted by atomic mass is 10.5. The van der Waals surface area contributed by atoms with Crippen LogP contribution < -0.4 is 0 Å². The van der Waals surface area contributed by atoms with E-state index in [1.54, 1.807) is 9.13 Å². The molecule has 0 aliphatic carbocycles. The van der Waals surface area contributed by atoms with Gasteiger partial charge in [-0.1, -0.05) is 39.3 Å². The average Bonchev–Trinajstić information content (AvgIpc) is 3.16. The number of ether oxygens (including phenoxy) is 2. The number of aromatic nitrogens is 4. The summed E-state index contributed by atoms with van der Waals surface area (Å²) in [6.07, 6.45) is 1.46. The molecule has 0 amide bonds. The van der Waals surface area contributed by atoms with E-state index in [0.717, 1.165) is 24.7 Å². The summed E-state index contributed by atoms with van der Waals surface area (Å²) in [5.74, 6) is 0.851. The zero-order valence-electron chi connectivity index (χ0n) is 19.6. The number of imidazole rings is 2. The van der Waals surface area contributed by atoms with Crippen LogP contribution in [0.4, 0.5) is 0 Å². The Labute approximate surface area is 208 Å².